The van der Waals surface area contributed by atoms with Crippen molar-refractivity contribution in [3.05, 3.63) is 88.5 Å². The Labute approximate surface area is 241 Å². The lowest BCUT2D eigenvalue weighted by Gasteiger charge is -2.42. The fourth-order valence-corrected chi connectivity index (χ4v) is 13.3. The van der Waals surface area contributed by atoms with Gasteiger partial charge in [-0.25, -0.2) is 49.4 Å². The average Bonchev–Trinajstić information content (AvgIpc) is 2.85. The third-order valence-corrected chi connectivity index (χ3v) is 11.3. The quantitative estimate of drug-likeness (QED) is 0.0912. The van der Waals surface area contributed by atoms with E-state index in [1.807, 2.05) is 0 Å². The minimum absolute atomic E-state index is 0.391. The van der Waals surface area contributed by atoms with Gasteiger partial charge < -0.3 is 0 Å². The molecule has 0 spiro atoms. The van der Waals surface area contributed by atoms with Gasteiger partial charge in [-0.15, -0.1) is 10.9 Å². The van der Waals surface area contributed by atoms with Gasteiger partial charge in [0.15, 0.2) is 34.9 Å². The van der Waals surface area contributed by atoms with Crippen molar-refractivity contribution in [2.75, 3.05) is 0 Å². The molecule has 0 amide bonds. The van der Waals surface area contributed by atoms with Crippen LogP contribution in [-0.2, 0) is 0 Å². The summed E-state index contributed by atoms with van der Waals surface area (Å²) >= 11 is 0. The first-order chi connectivity index (χ1) is 19.0. The molecule has 0 heterocycles. The van der Waals surface area contributed by atoms with Gasteiger partial charge in [-0.3, -0.25) is 0 Å². The monoisotopic (exact) mass is 626 g/mol. The van der Waals surface area contributed by atoms with Gasteiger partial charge >= 0.3 is 0 Å². The first-order valence-corrected chi connectivity index (χ1v) is 14.6. The van der Waals surface area contributed by atoms with E-state index in [-0.39, 0.29) is 0 Å². The zero-order valence-corrected chi connectivity index (χ0v) is 25.9. The van der Waals surface area contributed by atoms with Crippen LogP contribution in [0.5, 0.6) is 0 Å². The Bertz CT molecular complexity index is 1280. The standard InChI is InChI=1S/C18H6BF10.C12H27P/c20-9-7(10(21)14(25)17(28)13(9)24)19(6-4-2-1-3-5-6)8-11(22)15(26)18(29)16(27)12(8)23;1-10(2,3)13(11(4,5)6)12(7,8)9/h1-5,19H;1-9H3/q-1;/p+1. The molecule has 0 saturated heterocycles. The molecule has 0 aliphatic rings. The number of halogens is 10. The zero-order chi connectivity index (χ0) is 32.7. The largest absolute Gasteiger partial charge is 0.207 e. The Kier molecular flexibility index (Phi) is 10.7. The van der Waals surface area contributed by atoms with Gasteiger partial charge in [0.25, 0.3) is 0 Å². The average molecular weight is 626 g/mol. The van der Waals surface area contributed by atoms with E-state index >= 15 is 0 Å². The lowest BCUT2D eigenvalue weighted by molar-refractivity contribution is 0.382. The Hall–Kier alpha value is -2.55. The number of hydrogen-bond donors (Lipinski definition) is 0. The molecule has 0 radical (unpaired) electrons. The van der Waals surface area contributed by atoms with Crippen molar-refractivity contribution < 1.29 is 43.9 Å². The van der Waals surface area contributed by atoms with Crippen LogP contribution in [0.1, 0.15) is 62.3 Å². The molecule has 42 heavy (non-hydrogen) atoms. The molecular formula is C30H34BF10P. The summed E-state index contributed by atoms with van der Waals surface area (Å²) in [5, 5.41) is 1.46. The van der Waals surface area contributed by atoms with Crippen LogP contribution in [0.15, 0.2) is 30.3 Å². The molecule has 0 bridgehead atoms. The van der Waals surface area contributed by atoms with E-state index in [0.717, 1.165) is 12.1 Å². The molecule has 0 atom stereocenters. The Balaban J connectivity index is 0.000000401. The summed E-state index contributed by atoms with van der Waals surface area (Å²) in [5.41, 5.74) is -3.77. The summed E-state index contributed by atoms with van der Waals surface area (Å²) in [6, 6.07) is 5.71. The topological polar surface area (TPSA) is 0 Å². The lowest BCUT2D eigenvalue weighted by atomic mass is 9.36. The molecule has 0 aromatic heterocycles. The van der Waals surface area contributed by atoms with Crippen LogP contribution in [0.4, 0.5) is 43.9 Å². The molecule has 0 aliphatic heterocycles. The van der Waals surface area contributed by atoms with Crippen LogP contribution in [0.2, 0.25) is 0 Å². The van der Waals surface area contributed by atoms with E-state index in [9.17, 15) is 43.9 Å². The van der Waals surface area contributed by atoms with E-state index in [0.29, 0.717) is 15.5 Å². The van der Waals surface area contributed by atoms with Gasteiger partial charge in [-0.05, 0) is 62.3 Å². The molecule has 0 aliphatic carbocycles. The van der Waals surface area contributed by atoms with Gasteiger partial charge in [-0.1, -0.05) is 30.3 Å². The van der Waals surface area contributed by atoms with Gasteiger partial charge in [0.1, 0.15) is 23.3 Å². The summed E-state index contributed by atoms with van der Waals surface area (Å²) in [4.78, 5) is 0. The molecule has 3 aromatic rings. The maximum absolute atomic E-state index is 14.4. The SMILES string of the molecule is CC(C)(C)[PH+](C(C)(C)C)C(C)(C)C.Fc1c(F)c(F)c([BH-](c2ccccc2)c2c(F)c(F)c(F)c(F)c2F)c(F)c1F. The zero-order valence-electron chi connectivity index (χ0n) is 24.9. The minimum Gasteiger partial charge on any atom is -0.207 e. The summed E-state index contributed by atoms with van der Waals surface area (Å²) in [5.74, 6) is -24.5. The highest BCUT2D eigenvalue weighted by atomic mass is 31.1. The van der Waals surface area contributed by atoms with Gasteiger partial charge in [0, 0.05) is 7.92 Å². The second-order valence-electron chi connectivity index (χ2n) is 13.2. The maximum atomic E-state index is 14.4. The van der Waals surface area contributed by atoms with Crippen molar-refractivity contribution in [1.82, 2.24) is 0 Å². The first kappa shape index (κ1) is 35.7. The Morgan fingerprint density at radius 2 is 0.643 bits per heavy atom. The van der Waals surface area contributed by atoms with E-state index in [1.165, 1.54) is 18.2 Å². The van der Waals surface area contributed by atoms with Gasteiger partial charge in [0.05, 0.1) is 22.2 Å². The highest BCUT2D eigenvalue weighted by molar-refractivity contribution is 7.62. The third-order valence-electron chi connectivity index (χ3n) is 6.81. The smallest absolute Gasteiger partial charge is 0.200 e. The molecular weight excluding hydrogens is 592 g/mol. The van der Waals surface area contributed by atoms with Crippen molar-refractivity contribution >= 4 is 31.0 Å². The summed E-state index contributed by atoms with van der Waals surface area (Å²) in [6.07, 6.45) is 0. The normalized spacial score (nSPS) is 12.6. The van der Waals surface area contributed by atoms with Gasteiger partial charge in [0.2, 0.25) is 0 Å². The predicted molar refractivity (Wildman–Crippen MR) is 153 cm³/mol. The molecule has 0 saturated carbocycles. The molecule has 0 N–H and O–H groups in total. The van der Waals surface area contributed by atoms with Crippen molar-refractivity contribution in [2.24, 2.45) is 0 Å². The summed E-state index contributed by atoms with van der Waals surface area (Å²) in [7, 11) is -0.391. The van der Waals surface area contributed by atoms with E-state index in [1.54, 1.807) is 0 Å². The van der Waals surface area contributed by atoms with E-state index in [2.05, 4.69) is 62.3 Å². The second-order valence-corrected chi connectivity index (χ2v) is 18.5. The van der Waals surface area contributed by atoms with Crippen LogP contribution in [0.3, 0.4) is 0 Å². The maximum Gasteiger partial charge on any atom is 0.200 e. The van der Waals surface area contributed by atoms with Crippen molar-refractivity contribution in [3.63, 3.8) is 0 Å². The minimum atomic E-state index is -3.66. The molecule has 12 heteroatoms. The summed E-state index contributed by atoms with van der Waals surface area (Å²) < 4.78 is 139. The van der Waals surface area contributed by atoms with Crippen LogP contribution in [0.25, 0.3) is 0 Å². The molecule has 0 nitrogen and oxygen atoms in total. The van der Waals surface area contributed by atoms with E-state index < -0.39 is 89.2 Å². The third kappa shape index (κ3) is 7.15. The van der Waals surface area contributed by atoms with Crippen LogP contribution in [-0.4, -0.2) is 22.2 Å². The lowest BCUT2D eigenvalue weighted by Crippen LogP contribution is -2.58. The molecule has 0 fully saturated rings. The van der Waals surface area contributed by atoms with Crippen LogP contribution >= 0.6 is 7.92 Å². The fraction of sp³-hybridized carbons (Fsp3) is 0.400. The predicted octanol–water partition coefficient (Wildman–Crippen LogP) is 7.92. The Morgan fingerprint density at radius 1 is 0.405 bits per heavy atom. The Morgan fingerprint density at radius 3 is 0.857 bits per heavy atom. The summed E-state index contributed by atoms with van der Waals surface area (Å²) in [6.45, 7) is 17.9. The van der Waals surface area contributed by atoms with E-state index in [4.69, 9.17) is 0 Å². The number of benzene rings is 3. The van der Waals surface area contributed by atoms with Crippen LogP contribution in [0, 0.1) is 58.2 Å². The number of rotatable bonds is 3. The van der Waals surface area contributed by atoms with Crippen molar-refractivity contribution in [3.8, 4) is 0 Å². The molecule has 0 unspecified atom stereocenters. The number of hydrogen-bond acceptors (Lipinski definition) is 0. The molecule has 3 aromatic carbocycles. The molecule has 232 valence electrons. The van der Waals surface area contributed by atoms with Crippen molar-refractivity contribution in [1.29, 1.82) is 0 Å². The highest BCUT2D eigenvalue weighted by Gasteiger charge is 2.49. The highest BCUT2D eigenvalue weighted by Crippen LogP contribution is 2.66. The first-order valence-electron chi connectivity index (χ1n) is 13.1. The van der Waals surface area contributed by atoms with Crippen LogP contribution < -0.4 is 16.4 Å². The molecule has 3 rings (SSSR count). The van der Waals surface area contributed by atoms with Gasteiger partial charge in [-0.2, -0.15) is 0 Å². The fourth-order valence-electron chi connectivity index (χ4n) is 6.60. The second kappa shape index (κ2) is 12.6. The van der Waals surface area contributed by atoms with Crippen molar-refractivity contribution in [2.45, 2.75) is 77.8 Å².